The predicted octanol–water partition coefficient (Wildman–Crippen LogP) is 4.49. The van der Waals surface area contributed by atoms with Crippen molar-refractivity contribution in [3.8, 4) is 0 Å². The van der Waals surface area contributed by atoms with Crippen LogP contribution in [0.1, 0.15) is 28.8 Å². The minimum atomic E-state index is -4.19. The monoisotopic (exact) mass is 635 g/mol. The zero-order valence-electron chi connectivity index (χ0n) is 22.5. The molecule has 2 saturated heterocycles. The summed E-state index contributed by atoms with van der Waals surface area (Å²) >= 11 is 6.26. The second-order valence-electron chi connectivity index (χ2n) is 10.3. The minimum Gasteiger partial charge on any atom is -0.453 e. The molecule has 2 bridgehead atoms. The number of amides is 3. The van der Waals surface area contributed by atoms with Crippen molar-refractivity contribution in [1.29, 1.82) is 0 Å². The van der Waals surface area contributed by atoms with E-state index < -0.39 is 62.5 Å². The number of alkyl carbamates (subject to hydrolysis) is 1. The Kier molecular flexibility index (Phi) is 8.39. The number of halogens is 4. The maximum absolute atomic E-state index is 13.8. The maximum atomic E-state index is 13.8. The molecular formula is C29H25ClF3N3O6S. The standard InChI is InChI=1S/C29H25ClF3N3O6S/c1-42-29(39)35-22(9-15-5-3-2-4-6-15)28(38)36-18-13-23(36)25(14-18)43(40,41)24-10-16(7-8-19(24)30)27(37)34-17-11-20(31)26(33)21(32)12-17/h2-8,10-12,18,22-23,25H,9,13-14H2,1H3,(H,34,37)(H,35,39)/t18?,22-,23?,25?/m0/s1. The van der Waals surface area contributed by atoms with E-state index in [-0.39, 0.29) is 40.1 Å². The van der Waals surface area contributed by atoms with Gasteiger partial charge >= 0.3 is 6.09 Å². The Morgan fingerprint density at radius 1 is 1.02 bits per heavy atom. The Bertz CT molecular complexity index is 1690. The quantitative estimate of drug-likeness (QED) is 0.352. The fourth-order valence-corrected chi connectivity index (χ4v) is 8.10. The van der Waals surface area contributed by atoms with Crippen LogP contribution >= 0.6 is 11.6 Å². The third-order valence-electron chi connectivity index (χ3n) is 7.65. The van der Waals surface area contributed by atoms with Gasteiger partial charge in [0, 0.05) is 35.8 Å². The topological polar surface area (TPSA) is 122 Å². The van der Waals surface area contributed by atoms with Gasteiger partial charge in [0.05, 0.1) is 28.3 Å². The highest BCUT2D eigenvalue weighted by Gasteiger charge is 2.59. The van der Waals surface area contributed by atoms with E-state index in [2.05, 4.69) is 15.4 Å². The molecule has 3 aliphatic rings. The highest BCUT2D eigenvalue weighted by atomic mass is 35.5. The Morgan fingerprint density at radius 3 is 2.35 bits per heavy atom. The lowest BCUT2D eigenvalue weighted by molar-refractivity contribution is -0.142. The van der Waals surface area contributed by atoms with Gasteiger partial charge in [0.25, 0.3) is 5.91 Å². The second-order valence-corrected chi connectivity index (χ2v) is 12.8. The number of methoxy groups -OCH3 is 1. The van der Waals surface area contributed by atoms with Crippen LogP contribution in [-0.2, 0) is 25.8 Å². The number of fused-ring (bicyclic) bond motifs is 1. The lowest BCUT2D eigenvalue weighted by Crippen LogP contribution is -2.60. The first kappa shape index (κ1) is 30.4. The maximum Gasteiger partial charge on any atom is 0.407 e. The first-order valence-corrected chi connectivity index (χ1v) is 15.0. The van der Waals surface area contributed by atoms with Crippen LogP contribution in [0.2, 0.25) is 5.02 Å². The first-order chi connectivity index (χ1) is 20.4. The van der Waals surface area contributed by atoms with Gasteiger partial charge in [0.1, 0.15) is 6.04 Å². The van der Waals surface area contributed by atoms with Crippen LogP contribution in [0, 0.1) is 17.5 Å². The molecule has 1 aliphatic carbocycles. The van der Waals surface area contributed by atoms with Gasteiger partial charge in [-0.3, -0.25) is 9.59 Å². The van der Waals surface area contributed by atoms with Crippen LogP contribution in [0.3, 0.4) is 0 Å². The second kappa shape index (κ2) is 11.9. The van der Waals surface area contributed by atoms with Crippen molar-refractivity contribution in [2.75, 3.05) is 12.4 Å². The van der Waals surface area contributed by atoms with Crippen LogP contribution in [-0.4, -0.2) is 61.7 Å². The van der Waals surface area contributed by atoms with Gasteiger partial charge in [-0.15, -0.1) is 0 Å². The average Bonchev–Trinajstić information content (AvgIpc) is 3.58. The van der Waals surface area contributed by atoms with E-state index in [1.54, 1.807) is 24.3 Å². The highest BCUT2D eigenvalue weighted by Crippen LogP contribution is 2.47. The van der Waals surface area contributed by atoms with E-state index in [1.807, 2.05) is 6.07 Å². The molecule has 2 aliphatic heterocycles. The summed E-state index contributed by atoms with van der Waals surface area (Å²) in [5.41, 5.74) is 0.219. The van der Waals surface area contributed by atoms with E-state index in [9.17, 15) is 36.0 Å². The van der Waals surface area contributed by atoms with E-state index >= 15 is 0 Å². The Morgan fingerprint density at radius 2 is 1.70 bits per heavy atom. The fourth-order valence-electron chi connectivity index (χ4n) is 5.57. The summed E-state index contributed by atoms with van der Waals surface area (Å²) in [6, 6.07) is 11.5. The van der Waals surface area contributed by atoms with Crippen molar-refractivity contribution in [2.45, 2.75) is 47.5 Å². The molecule has 1 saturated carbocycles. The summed E-state index contributed by atoms with van der Waals surface area (Å²) < 4.78 is 72.8. The third-order valence-corrected chi connectivity index (χ3v) is 10.3. The Labute approximate surface area is 249 Å². The van der Waals surface area contributed by atoms with Crippen molar-refractivity contribution in [2.24, 2.45) is 0 Å². The van der Waals surface area contributed by atoms with Crippen LogP contribution < -0.4 is 10.6 Å². The van der Waals surface area contributed by atoms with Crippen LogP contribution in [0.5, 0.6) is 0 Å². The van der Waals surface area contributed by atoms with Crippen LogP contribution in [0.25, 0.3) is 0 Å². The van der Waals surface area contributed by atoms with Crippen LogP contribution in [0.15, 0.2) is 65.6 Å². The largest absolute Gasteiger partial charge is 0.453 e. The normalized spacial score (nSPS) is 19.7. The molecule has 14 heteroatoms. The third kappa shape index (κ3) is 5.91. The number of carbonyl (C=O) groups is 3. The van der Waals surface area contributed by atoms with Crippen molar-refractivity contribution in [3.63, 3.8) is 0 Å². The molecule has 226 valence electrons. The molecule has 6 rings (SSSR count). The average molecular weight is 636 g/mol. The smallest absolute Gasteiger partial charge is 0.407 e. The van der Waals surface area contributed by atoms with E-state index in [4.69, 9.17) is 11.6 Å². The molecule has 9 nitrogen and oxygen atoms in total. The van der Waals surface area contributed by atoms with Gasteiger partial charge in [0.2, 0.25) is 5.91 Å². The summed E-state index contributed by atoms with van der Waals surface area (Å²) in [6.45, 7) is 0. The lowest BCUT2D eigenvalue weighted by atomic mass is 9.98. The zero-order chi connectivity index (χ0) is 31.1. The molecule has 3 aromatic carbocycles. The summed E-state index contributed by atoms with van der Waals surface area (Å²) in [5, 5.41) is 3.55. The molecule has 3 fully saturated rings. The van der Waals surface area contributed by atoms with Crippen LogP contribution in [0.4, 0.5) is 23.7 Å². The summed E-state index contributed by atoms with van der Waals surface area (Å²) in [7, 11) is -3.02. The molecule has 3 aromatic rings. The van der Waals surface area contributed by atoms with Crippen molar-refractivity contribution < 1.29 is 40.7 Å². The lowest BCUT2D eigenvalue weighted by Gasteiger charge is -2.43. The molecule has 2 N–H and O–H groups in total. The molecule has 3 amide bonds. The predicted molar refractivity (Wildman–Crippen MR) is 150 cm³/mol. The van der Waals surface area contributed by atoms with Gasteiger partial charge in [-0.25, -0.2) is 26.4 Å². The number of hydrogen-bond donors (Lipinski definition) is 2. The van der Waals surface area contributed by atoms with Gasteiger partial charge < -0.3 is 20.3 Å². The van der Waals surface area contributed by atoms with E-state index in [0.29, 0.717) is 18.6 Å². The van der Waals surface area contributed by atoms with Gasteiger partial charge in [0.15, 0.2) is 27.3 Å². The number of anilines is 1. The molecule has 3 unspecified atom stereocenters. The van der Waals surface area contributed by atoms with Crippen molar-refractivity contribution in [1.82, 2.24) is 10.2 Å². The Balaban J connectivity index is 1.36. The van der Waals surface area contributed by atoms with Gasteiger partial charge in [-0.05, 0) is 36.6 Å². The number of rotatable bonds is 8. The summed E-state index contributed by atoms with van der Waals surface area (Å²) in [5.74, 6) is -6.09. The molecule has 0 spiro atoms. The Hall–Kier alpha value is -4.10. The molecule has 0 radical (unpaired) electrons. The van der Waals surface area contributed by atoms with E-state index in [1.165, 1.54) is 24.1 Å². The molecular weight excluding hydrogens is 611 g/mol. The fraction of sp³-hybridized carbons (Fsp3) is 0.276. The number of sulfone groups is 1. The number of hydrogen-bond acceptors (Lipinski definition) is 6. The SMILES string of the molecule is COC(=O)N[C@@H](Cc1ccccc1)C(=O)N1C2CC1C(S(=O)(=O)c1cc(C(=O)Nc3cc(F)c(F)c(F)c3)ccc1Cl)C2. The van der Waals surface area contributed by atoms with Gasteiger partial charge in [-0.1, -0.05) is 41.9 Å². The van der Waals surface area contributed by atoms with Gasteiger partial charge in [-0.2, -0.15) is 0 Å². The number of ether oxygens (including phenoxy) is 1. The molecule has 4 atom stereocenters. The molecule has 2 heterocycles. The number of carbonyl (C=O) groups excluding carboxylic acids is 3. The zero-order valence-corrected chi connectivity index (χ0v) is 24.1. The number of nitrogens with one attached hydrogen (secondary N) is 2. The summed E-state index contributed by atoms with van der Waals surface area (Å²) in [6.07, 6.45) is -0.104. The van der Waals surface area contributed by atoms with Crippen molar-refractivity contribution >= 4 is 45.0 Å². The minimum absolute atomic E-state index is 0.121. The molecule has 43 heavy (non-hydrogen) atoms. The number of benzene rings is 3. The molecule has 0 aromatic heterocycles. The summed E-state index contributed by atoms with van der Waals surface area (Å²) in [4.78, 5) is 39.5. The number of nitrogens with zero attached hydrogens (tertiary/aromatic N) is 1. The first-order valence-electron chi connectivity index (χ1n) is 13.1. The van der Waals surface area contributed by atoms with Crippen molar-refractivity contribution in [3.05, 3.63) is 94.3 Å². The van der Waals surface area contributed by atoms with E-state index in [0.717, 1.165) is 11.6 Å². The highest BCUT2D eigenvalue weighted by molar-refractivity contribution is 7.92.